The minimum atomic E-state index is -1.83. The van der Waals surface area contributed by atoms with Crippen molar-refractivity contribution in [1.82, 2.24) is 10.4 Å². The van der Waals surface area contributed by atoms with Crippen LogP contribution >= 0.6 is 11.6 Å². The molecule has 5 nitrogen and oxygen atoms in total. The molecule has 0 aliphatic carbocycles. The number of hydrogen-bond donors (Lipinski definition) is 2. The van der Waals surface area contributed by atoms with E-state index in [1.165, 1.54) is 0 Å². The van der Waals surface area contributed by atoms with Crippen LogP contribution in [0.4, 0.5) is 10.5 Å². The van der Waals surface area contributed by atoms with Crippen LogP contribution in [0.3, 0.4) is 0 Å². The van der Waals surface area contributed by atoms with Gasteiger partial charge < -0.3 is 9.74 Å². The highest BCUT2D eigenvalue weighted by molar-refractivity contribution is 6.74. The van der Waals surface area contributed by atoms with E-state index in [1.807, 2.05) is 0 Å². The Kier molecular flexibility index (Phi) is 5.40. The molecule has 0 aromatic heterocycles. The molecule has 128 valence electrons. The molecule has 0 radical (unpaired) electrons. The molecule has 1 aliphatic rings. The number of anilines is 1. The molecule has 1 aliphatic heterocycles. The van der Waals surface area contributed by atoms with E-state index in [1.54, 1.807) is 29.3 Å². The first-order valence-electron chi connectivity index (χ1n) is 7.84. The van der Waals surface area contributed by atoms with Crippen LogP contribution in [-0.2, 0) is 4.43 Å². The fraction of sp³-hybridized carbons (Fsp3) is 0.562. The Morgan fingerprint density at radius 3 is 2.52 bits per heavy atom. The topological polar surface area (TPSA) is 53.6 Å². The molecular formula is C16H26ClN3O2Si. The van der Waals surface area contributed by atoms with Crippen molar-refractivity contribution in [2.24, 2.45) is 0 Å². The number of hydrogen-bond acceptors (Lipinski definition) is 3. The quantitative estimate of drug-likeness (QED) is 0.803. The summed E-state index contributed by atoms with van der Waals surface area (Å²) in [6.45, 7) is 12.3. The van der Waals surface area contributed by atoms with E-state index in [-0.39, 0.29) is 17.2 Å². The van der Waals surface area contributed by atoms with Crippen molar-refractivity contribution >= 4 is 31.6 Å². The first kappa shape index (κ1) is 18.3. The molecule has 7 heteroatoms. The van der Waals surface area contributed by atoms with Crippen molar-refractivity contribution in [3.8, 4) is 0 Å². The van der Waals surface area contributed by atoms with Crippen LogP contribution in [0.2, 0.25) is 23.2 Å². The maximum atomic E-state index is 12.3. The second-order valence-corrected chi connectivity index (χ2v) is 12.6. The van der Waals surface area contributed by atoms with E-state index in [0.29, 0.717) is 18.1 Å². The summed E-state index contributed by atoms with van der Waals surface area (Å²) in [6, 6.07) is 6.86. The first-order chi connectivity index (χ1) is 10.6. The number of urea groups is 1. The summed E-state index contributed by atoms with van der Waals surface area (Å²) in [5.41, 5.74) is 3.82. The van der Waals surface area contributed by atoms with E-state index in [4.69, 9.17) is 16.0 Å². The number of halogens is 1. The van der Waals surface area contributed by atoms with Gasteiger partial charge in [-0.2, -0.15) is 0 Å². The maximum Gasteiger partial charge on any atom is 0.336 e. The van der Waals surface area contributed by atoms with E-state index >= 15 is 0 Å². The largest absolute Gasteiger partial charge is 0.411 e. The lowest BCUT2D eigenvalue weighted by Crippen LogP contribution is -2.45. The zero-order valence-electron chi connectivity index (χ0n) is 14.4. The molecule has 1 aromatic rings. The number of nitrogens with one attached hydrogen (secondary N) is 2. The van der Waals surface area contributed by atoms with Crippen LogP contribution < -0.4 is 10.7 Å². The molecule has 0 saturated carbocycles. The summed E-state index contributed by atoms with van der Waals surface area (Å²) in [5.74, 6) is 0. The zero-order chi connectivity index (χ0) is 17.3. The van der Waals surface area contributed by atoms with Gasteiger partial charge in [-0.25, -0.2) is 10.2 Å². The third-order valence-corrected chi connectivity index (χ3v) is 9.29. The standard InChI is InChI=1S/C16H26ClN3O2Si/c1-16(2,3)23(4,5)22-14-10-18-20(11-14)15(21)19-13-8-6-12(17)7-9-13/h6-9,14,18H,10-11H2,1-5H3,(H,19,21). The van der Waals surface area contributed by atoms with Crippen molar-refractivity contribution in [2.45, 2.75) is 45.0 Å². The van der Waals surface area contributed by atoms with Gasteiger partial charge in [0.25, 0.3) is 0 Å². The molecule has 2 rings (SSSR count). The highest BCUT2D eigenvalue weighted by atomic mass is 35.5. The van der Waals surface area contributed by atoms with Crippen molar-refractivity contribution < 1.29 is 9.22 Å². The van der Waals surface area contributed by atoms with Gasteiger partial charge in [0, 0.05) is 17.3 Å². The molecule has 23 heavy (non-hydrogen) atoms. The summed E-state index contributed by atoms with van der Waals surface area (Å²) in [5, 5.41) is 5.22. The second kappa shape index (κ2) is 6.81. The summed E-state index contributed by atoms with van der Waals surface area (Å²) < 4.78 is 6.35. The fourth-order valence-corrected chi connectivity index (χ4v) is 3.57. The number of rotatable bonds is 3. The van der Waals surface area contributed by atoms with Gasteiger partial charge >= 0.3 is 6.03 Å². The maximum absolute atomic E-state index is 12.3. The molecule has 2 N–H and O–H groups in total. The fourth-order valence-electron chi connectivity index (χ4n) is 2.10. The van der Waals surface area contributed by atoms with Gasteiger partial charge in [-0.1, -0.05) is 32.4 Å². The average Bonchev–Trinajstić information content (AvgIpc) is 2.88. The molecule has 2 amide bonds. The number of amides is 2. The Balaban J connectivity index is 1.89. The van der Waals surface area contributed by atoms with Crippen LogP contribution in [0.15, 0.2) is 24.3 Å². The minimum absolute atomic E-state index is 0.0341. The number of hydrazine groups is 1. The van der Waals surface area contributed by atoms with Gasteiger partial charge in [-0.3, -0.25) is 5.01 Å². The van der Waals surface area contributed by atoms with Gasteiger partial charge in [0.15, 0.2) is 8.32 Å². The minimum Gasteiger partial charge on any atom is -0.411 e. The van der Waals surface area contributed by atoms with E-state index in [2.05, 4.69) is 44.6 Å². The average molecular weight is 356 g/mol. The summed E-state index contributed by atoms with van der Waals surface area (Å²) in [4.78, 5) is 12.3. The van der Waals surface area contributed by atoms with Gasteiger partial charge in [0.2, 0.25) is 0 Å². The molecule has 1 aromatic carbocycles. The molecule has 1 atom stereocenters. The van der Waals surface area contributed by atoms with Gasteiger partial charge in [-0.05, 0) is 42.4 Å². The second-order valence-electron chi connectivity index (χ2n) is 7.41. The highest BCUT2D eigenvalue weighted by Gasteiger charge is 2.41. The SMILES string of the molecule is CC(C)(C)[Si](C)(C)OC1CNN(C(=O)Nc2ccc(Cl)cc2)C1. The van der Waals surface area contributed by atoms with E-state index < -0.39 is 8.32 Å². The zero-order valence-corrected chi connectivity index (χ0v) is 16.2. The summed E-state index contributed by atoms with van der Waals surface area (Å²) in [7, 11) is -1.83. The third kappa shape index (κ3) is 4.70. The monoisotopic (exact) mass is 355 g/mol. The predicted octanol–water partition coefficient (Wildman–Crippen LogP) is 4.08. The molecule has 0 spiro atoms. The van der Waals surface area contributed by atoms with Crippen LogP contribution in [0.25, 0.3) is 0 Å². The smallest absolute Gasteiger partial charge is 0.336 e. The Morgan fingerprint density at radius 1 is 1.35 bits per heavy atom. The van der Waals surface area contributed by atoms with Crippen LogP contribution in [0.5, 0.6) is 0 Å². The van der Waals surface area contributed by atoms with Gasteiger partial charge in [-0.15, -0.1) is 0 Å². The first-order valence-corrected chi connectivity index (χ1v) is 11.1. The third-order valence-electron chi connectivity index (χ3n) is 4.50. The number of carbonyl (C=O) groups is 1. The predicted molar refractivity (Wildman–Crippen MR) is 97.2 cm³/mol. The van der Waals surface area contributed by atoms with Crippen molar-refractivity contribution in [3.05, 3.63) is 29.3 Å². The van der Waals surface area contributed by atoms with Crippen LogP contribution in [0, 0.1) is 0 Å². The lowest BCUT2D eigenvalue weighted by Gasteiger charge is -2.38. The lowest BCUT2D eigenvalue weighted by molar-refractivity contribution is 0.182. The normalized spacial score (nSPS) is 19.0. The molecular weight excluding hydrogens is 330 g/mol. The van der Waals surface area contributed by atoms with Crippen molar-refractivity contribution in [3.63, 3.8) is 0 Å². The van der Waals surface area contributed by atoms with E-state index in [9.17, 15) is 4.79 Å². The lowest BCUT2D eigenvalue weighted by atomic mass is 10.2. The van der Waals surface area contributed by atoms with Crippen LogP contribution in [0.1, 0.15) is 20.8 Å². The Labute approximate surface area is 144 Å². The van der Waals surface area contributed by atoms with Gasteiger partial charge in [0.1, 0.15) is 0 Å². The van der Waals surface area contributed by atoms with Crippen LogP contribution in [-0.4, -0.2) is 38.6 Å². The van der Waals surface area contributed by atoms with Crippen molar-refractivity contribution in [1.29, 1.82) is 0 Å². The summed E-state index contributed by atoms with van der Waals surface area (Å²) in [6.07, 6.45) is 0.0341. The highest BCUT2D eigenvalue weighted by Crippen LogP contribution is 2.37. The number of benzene rings is 1. The summed E-state index contributed by atoms with van der Waals surface area (Å²) >= 11 is 5.84. The Hall–Kier alpha value is -1.08. The van der Waals surface area contributed by atoms with Gasteiger partial charge in [0.05, 0.1) is 12.6 Å². The number of carbonyl (C=O) groups excluding carboxylic acids is 1. The molecule has 1 heterocycles. The molecule has 1 unspecified atom stereocenters. The van der Waals surface area contributed by atoms with E-state index in [0.717, 1.165) is 5.69 Å². The number of nitrogens with zero attached hydrogens (tertiary/aromatic N) is 1. The molecule has 1 saturated heterocycles. The molecule has 1 fully saturated rings. The molecule has 0 bridgehead atoms. The Bertz CT molecular complexity index is 557. The Morgan fingerprint density at radius 2 is 1.96 bits per heavy atom. The van der Waals surface area contributed by atoms with Crippen molar-refractivity contribution in [2.75, 3.05) is 18.4 Å².